The predicted molar refractivity (Wildman–Crippen MR) is 52.0 cm³/mol. The third kappa shape index (κ3) is 2.45. The Hall–Kier alpha value is -0.160. The molecule has 0 aromatic carbocycles. The van der Waals surface area contributed by atoms with E-state index in [1.807, 2.05) is 0 Å². The molecule has 0 aromatic heterocycles. The SMILES string of the molecule is OCC1CCCCN1CC1COCO1. The van der Waals surface area contributed by atoms with Gasteiger partial charge in [0.1, 0.15) is 6.79 Å². The minimum Gasteiger partial charge on any atom is -0.395 e. The van der Waals surface area contributed by atoms with Crippen LogP contribution >= 0.6 is 0 Å². The number of hydrogen-bond acceptors (Lipinski definition) is 4. The Morgan fingerprint density at radius 1 is 1.36 bits per heavy atom. The molecule has 0 spiro atoms. The zero-order valence-corrected chi connectivity index (χ0v) is 8.52. The van der Waals surface area contributed by atoms with Gasteiger partial charge in [-0.2, -0.15) is 0 Å². The third-order valence-corrected chi connectivity index (χ3v) is 3.09. The van der Waals surface area contributed by atoms with Crippen LogP contribution in [0.5, 0.6) is 0 Å². The van der Waals surface area contributed by atoms with Gasteiger partial charge in [0.2, 0.25) is 0 Å². The lowest BCUT2D eigenvalue weighted by atomic mass is 10.0. The first kappa shape index (κ1) is 10.4. The number of aliphatic hydroxyl groups excluding tert-OH is 1. The largest absolute Gasteiger partial charge is 0.395 e. The molecule has 0 saturated carbocycles. The number of piperidine rings is 1. The van der Waals surface area contributed by atoms with Crippen LogP contribution in [-0.4, -0.2) is 55.2 Å². The number of nitrogens with zero attached hydrogens (tertiary/aromatic N) is 1. The number of hydrogen-bond donors (Lipinski definition) is 1. The molecule has 0 radical (unpaired) electrons. The fraction of sp³-hybridized carbons (Fsp3) is 1.00. The summed E-state index contributed by atoms with van der Waals surface area (Å²) in [4.78, 5) is 2.34. The molecule has 2 saturated heterocycles. The second kappa shape index (κ2) is 5.07. The topological polar surface area (TPSA) is 41.9 Å². The Morgan fingerprint density at radius 3 is 3.00 bits per heavy atom. The minimum atomic E-state index is 0.210. The van der Waals surface area contributed by atoms with Crippen LogP contribution in [0.25, 0.3) is 0 Å². The van der Waals surface area contributed by atoms with Crippen molar-refractivity contribution >= 4 is 0 Å². The van der Waals surface area contributed by atoms with Crippen molar-refractivity contribution in [2.45, 2.75) is 31.4 Å². The van der Waals surface area contributed by atoms with Crippen molar-refractivity contribution in [3.8, 4) is 0 Å². The van der Waals surface area contributed by atoms with Crippen LogP contribution in [0.1, 0.15) is 19.3 Å². The normalized spacial score (nSPS) is 34.9. The Kier molecular flexibility index (Phi) is 3.75. The van der Waals surface area contributed by atoms with Crippen molar-refractivity contribution in [2.75, 3.05) is 33.1 Å². The molecule has 14 heavy (non-hydrogen) atoms. The fourth-order valence-electron chi connectivity index (χ4n) is 2.25. The highest BCUT2D eigenvalue weighted by molar-refractivity contribution is 4.79. The average Bonchev–Trinajstić information content (AvgIpc) is 2.71. The molecule has 1 N–H and O–H groups in total. The summed E-state index contributed by atoms with van der Waals surface area (Å²) < 4.78 is 10.6. The lowest BCUT2D eigenvalue weighted by Crippen LogP contribution is -2.45. The number of likely N-dealkylation sites (tertiary alicyclic amines) is 1. The molecule has 0 aromatic rings. The van der Waals surface area contributed by atoms with Crippen LogP contribution in [0.3, 0.4) is 0 Å². The maximum Gasteiger partial charge on any atom is 0.147 e. The molecule has 2 unspecified atom stereocenters. The van der Waals surface area contributed by atoms with E-state index in [2.05, 4.69) is 4.90 Å². The second-order valence-electron chi connectivity index (χ2n) is 4.10. The molecular weight excluding hydrogens is 182 g/mol. The van der Waals surface area contributed by atoms with E-state index in [-0.39, 0.29) is 12.7 Å². The van der Waals surface area contributed by atoms with Crippen LogP contribution in [0.4, 0.5) is 0 Å². The summed E-state index contributed by atoms with van der Waals surface area (Å²) in [7, 11) is 0. The first-order valence-electron chi connectivity index (χ1n) is 5.44. The van der Waals surface area contributed by atoms with Crippen molar-refractivity contribution in [2.24, 2.45) is 0 Å². The zero-order valence-electron chi connectivity index (χ0n) is 8.52. The van der Waals surface area contributed by atoms with Crippen LogP contribution < -0.4 is 0 Å². The van der Waals surface area contributed by atoms with Crippen molar-refractivity contribution in [3.05, 3.63) is 0 Å². The molecule has 2 aliphatic rings. The second-order valence-corrected chi connectivity index (χ2v) is 4.10. The first-order chi connectivity index (χ1) is 6.90. The fourth-order valence-corrected chi connectivity index (χ4v) is 2.25. The number of aliphatic hydroxyl groups is 1. The molecule has 0 amide bonds. The summed E-state index contributed by atoms with van der Waals surface area (Å²) in [6.07, 6.45) is 3.81. The quantitative estimate of drug-likeness (QED) is 0.708. The Bertz CT molecular complexity index is 171. The van der Waals surface area contributed by atoms with Crippen molar-refractivity contribution in [1.29, 1.82) is 0 Å². The maximum absolute atomic E-state index is 9.22. The van der Waals surface area contributed by atoms with Crippen LogP contribution in [0.15, 0.2) is 0 Å². The zero-order chi connectivity index (χ0) is 9.80. The van der Waals surface area contributed by atoms with Crippen LogP contribution in [-0.2, 0) is 9.47 Å². The molecule has 2 atom stereocenters. The van der Waals surface area contributed by atoms with E-state index in [1.54, 1.807) is 0 Å². The molecule has 4 heteroatoms. The van der Waals surface area contributed by atoms with Gasteiger partial charge in [0.05, 0.1) is 19.3 Å². The molecule has 2 rings (SSSR count). The highest BCUT2D eigenvalue weighted by Crippen LogP contribution is 2.18. The van der Waals surface area contributed by atoms with Gasteiger partial charge in [0.25, 0.3) is 0 Å². The smallest absolute Gasteiger partial charge is 0.147 e. The number of rotatable bonds is 3. The van der Waals surface area contributed by atoms with Crippen molar-refractivity contribution in [1.82, 2.24) is 4.90 Å². The molecule has 0 bridgehead atoms. The van der Waals surface area contributed by atoms with Gasteiger partial charge in [0.15, 0.2) is 0 Å². The summed E-state index contributed by atoms with van der Waals surface area (Å²) >= 11 is 0. The summed E-state index contributed by atoms with van der Waals surface area (Å²) in [6, 6.07) is 0.341. The van der Waals surface area contributed by atoms with E-state index in [0.29, 0.717) is 19.4 Å². The molecule has 82 valence electrons. The van der Waals surface area contributed by atoms with Gasteiger partial charge in [-0.1, -0.05) is 6.42 Å². The van der Waals surface area contributed by atoms with E-state index in [4.69, 9.17) is 9.47 Å². The van der Waals surface area contributed by atoms with Gasteiger partial charge in [-0.25, -0.2) is 0 Å². The van der Waals surface area contributed by atoms with E-state index >= 15 is 0 Å². The van der Waals surface area contributed by atoms with Crippen LogP contribution in [0.2, 0.25) is 0 Å². The van der Waals surface area contributed by atoms with Gasteiger partial charge in [0, 0.05) is 12.6 Å². The van der Waals surface area contributed by atoms with Crippen molar-refractivity contribution in [3.63, 3.8) is 0 Å². The van der Waals surface area contributed by atoms with Gasteiger partial charge < -0.3 is 14.6 Å². The van der Waals surface area contributed by atoms with Crippen LogP contribution in [0, 0.1) is 0 Å². The van der Waals surface area contributed by atoms with Gasteiger partial charge in [-0.05, 0) is 19.4 Å². The first-order valence-corrected chi connectivity index (χ1v) is 5.44. The summed E-state index contributed by atoms with van der Waals surface area (Å²) in [6.45, 7) is 3.40. The Morgan fingerprint density at radius 2 is 2.29 bits per heavy atom. The molecule has 2 heterocycles. The van der Waals surface area contributed by atoms with E-state index in [1.165, 1.54) is 12.8 Å². The minimum absolute atomic E-state index is 0.210. The summed E-state index contributed by atoms with van der Waals surface area (Å²) in [5.74, 6) is 0. The van der Waals surface area contributed by atoms with Gasteiger partial charge in [-0.15, -0.1) is 0 Å². The lowest BCUT2D eigenvalue weighted by Gasteiger charge is -2.35. The van der Waals surface area contributed by atoms with Crippen molar-refractivity contribution < 1.29 is 14.6 Å². The highest BCUT2D eigenvalue weighted by atomic mass is 16.7. The number of ether oxygens (including phenoxy) is 2. The molecule has 0 aliphatic carbocycles. The highest BCUT2D eigenvalue weighted by Gasteiger charge is 2.26. The monoisotopic (exact) mass is 201 g/mol. The maximum atomic E-state index is 9.22. The van der Waals surface area contributed by atoms with E-state index in [0.717, 1.165) is 19.5 Å². The van der Waals surface area contributed by atoms with Gasteiger partial charge >= 0.3 is 0 Å². The Labute approximate surface area is 84.8 Å². The molecular formula is C10H19NO3. The molecule has 4 nitrogen and oxygen atoms in total. The summed E-state index contributed by atoms with van der Waals surface area (Å²) in [5, 5.41) is 9.22. The van der Waals surface area contributed by atoms with E-state index in [9.17, 15) is 5.11 Å². The predicted octanol–water partition coefficient (Wildman–Crippen LogP) is 0.206. The third-order valence-electron chi connectivity index (χ3n) is 3.09. The molecule has 2 fully saturated rings. The standard InChI is InChI=1S/C10H19NO3/c12-6-9-3-1-2-4-11(9)5-10-7-13-8-14-10/h9-10,12H,1-8H2. The van der Waals surface area contributed by atoms with E-state index < -0.39 is 0 Å². The Balaban J connectivity index is 1.81. The lowest BCUT2D eigenvalue weighted by molar-refractivity contribution is 0.0142. The van der Waals surface area contributed by atoms with Gasteiger partial charge in [-0.3, -0.25) is 4.90 Å². The average molecular weight is 201 g/mol. The molecule has 2 aliphatic heterocycles. The summed E-state index contributed by atoms with van der Waals surface area (Å²) in [5.41, 5.74) is 0.